The first-order valence-corrected chi connectivity index (χ1v) is 42.0. The molecular formula is C85H136O17P2. The summed E-state index contributed by atoms with van der Waals surface area (Å²) in [6.07, 6.45) is 90.4. The summed E-state index contributed by atoms with van der Waals surface area (Å²) < 4.78 is 68.4. The number of allylic oxidation sites excluding steroid dienone is 30. The summed E-state index contributed by atoms with van der Waals surface area (Å²) in [5.74, 6) is -2.36. The number of aliphatic hydroxyl groups is 1. The summed E-state index contributed by atoms with van der Waals surface area (Å²) >= 11 is 0. The van der Waals surface area contributed by atoms with Crippen LogP contribution in [0.1, 0.15) is 272 Å². The number of hydrogen-bond acceptors (Lipinski definition) is 15. The Kier molecular flexibility index (Phi) is 71.2. The molecule has 0 aromatic carbocycles. The van der Waals surface area contributed by atoms with E-state index in [1.807, 2.05) is 12.2 Å². The van der Waals surface area contributed by atoms with E-state index in [0.717, 1.165) is 154 Å². The summed E-state index contributed by atoms with van der Waals surface area (Å²) in [5, 5.41) is 10.6. The SMILES string of the molecule is CC/C=C\C/C=C\C/C=C\C/C=C\C/C=C\CCCCCC(=O)OCC(COP(=O)(O)OCC(O)COP(=O)(O)OCC(COC(=O)CCC/C=C\C/C=C\C/C=C\C/C=C\C/C=C\CC)OC(=O)CCCCCCC/C=C\CCCCCC)OC(=O)CCCC/C=C\C/C=C\C/C=C\C/C=C\CC. The molecule has 5 unspecified atom stereocenters. The van der Waals surface area contributed by atoms with Gasteiger partial charge < -0.3 is 33.8 Å². The Morgan fingerprint density at radius 3 is 0.846 bits per heavy atom. The van der Waals surface area contributed by atoms with E-state index in [2.05, 4.69) is 198 Å². The van der Waals surface area contributed by atoms with Crippen molar-refractivity contribution < 1.29 is 80.2 Å². The van der Waals surface area contributed by atoms with Gasteiger partial charge in [0.25, 0.3) is 0 Å². The van der Waals surface area contributed by atoms with E-state index >= 15 is 0 Å². The predicted octanol–water partition coefficient (Wildman–Crippen LogP) is 22.8. The molecule has 0 aromatic rings. The van der Waals surface area contributed by atoms with Crippen LogP contribution < -0.4 is 0 Å². The molecule has 19 heteroatoms. The molecule has 0 aliphatic heterocycles. The monoisotopic (exact) mass is 1490 g/mol. The number of unbranched alkanes of at least 4 members (excludes halogenated alkanes) is 15. The Morgan fingerprint density at radius 1 is 0.279 bits per heavy atom. The van der Waals surface area contributed by atoms with Crippen LogP contribution in [0.2, 0.25) is 0 Å². The van der Waals surface area contributed by atoms with Gasteiger partial charge >= 0.3 is 39.5 Å². The molecule has 17 nitrogen and oxygen atoms in total. The highest BCUT2D eigenvalue weighted by atomic mass is 31.2. The Morgan fingerprint density at radius 2 is 0.510 bits per heavy atom. The van der Waals surface area contributed by atoms with Crippen LogP contribution in [0.3, 0.4) is 0 Å². The number of carbonyl (C=O) groups is 4. The zero-order valence-electron chi connectivity index (χ0n) is 64.1. The lowest BCUT2D eigenvalue weighted by Crippen LogP contribution is -2.30. The van der Waals surface area contributed by atoms with E-state index < -0.39 is 97.5 Å². The standard InChI is InChI=1S/C85H136O17P2/c1-5-9-13-17-21-25-29-33-36-38-39-41-44-47-50-54-58-62-66-70-83(88)96-76-81(102-85(90)72-68-64-60-56-52-48-42-35-31-27-23-19-15-11-7-3)78-100-104(93,94)98-74-79(86)73-97-103(91,92)99-77-80(101-84(89)71-67-63-59-55-51-45-32-28-24-20-16-12-8-4)75-95-82(87)69-65-61-57-53-49-46-43-40-37-34-30-26-22-18-14-10-6-2/h9-11,13-15,21-23,25-28,32-37,39,41-43,46-47,50,52-53,56-57,79-81,86H,5-8,12,16-20,24,29-31,38,40,44-45,48-49,51,54-55,58-78H2,1-4H3,(H,91,92)(H,93,94)/b13-9-,14-10-,15-11-,25-21-,26-22-,27-23-,32-28-,36-33-,37-34-,41-39-,42-35-,46-43-,50-47-,56-52-,57-53-. The summed E-state index contributed by atoms with van der Waals surface area (Å²) in [4.78, 5) is 72.9. The molecule has 0 aliphatic rings. The van der Waals surface area contributed by atoms with Crippen LogP contribution in [-0.2, 0) is 65.4 Å². The number of carbonyl (C=O) groups excluding carboxylic acids is 4. The number of ether oxygens (including phenoxy) is 4. The van der Waals surface area contributed by atoms with E-state index in [1.165, 1.54) is 25.7 Å². The average Bonchev–Trinajstić information content (AvgIpc) is 0.911. The largest absolute Gasteiger partial charge is 0.472 e. The van der Waals surface area contributed by atoms with Crippen LogP contribution in [0, 0.1) is 0 Å². The normalized spacial score (nSPS) is 14.9. The molecule has 0 heterocycles. The molecule has 0 bridgehead atoms. The molecule has 588 valence electrons. The molecule has 0 saturated carbocycles. The van der Waals surface area contributed by atoms with Crippen LogP contribution in [0.15, 0.2) is 182 Å². The third kappa shape index (κ3) is 74.4. The molecule has 104 heavy (non-hydrogen) atoms. The third-order valence-electron chi connectivity index (χ3n) is 15.3. The minimum atomic E-state index is -5.01. The summed E-state index contributed by atoms with van der Waals surface area (Å²) in [6.45, 7) is 4.32. The van der Waals surface area contributed by atoms with Crippen molar-refractivity contribution in [2.24, 2.45) is 0 Å². The predicted molar refractivity (Wildman–Crippen MR) is 426 cm³/mol. The molecule has 3 N–H and O–H groups in total. The van der Waals surface area contributed by atoms with E-state index in [1.54, 1.807) is 0 Å². The van der Waals surface area contributed by atoms with Gasteiger partial charge in [-0.2, -0.15) is 0 Å². The Balaban J connectivity index is 5.49. The van der Waals surface area contributed by atoms with Gasteiger partial charge in [-0.15, -0.1) is 0 Å². The lowest BCUT2D eigenvalue weighted by molar-refractivity contribution is -0.161. The lowest BCUT2D eigenvalue weighted by Gasteiger charge is -2.21. The number of hydrogen-bond donors (Lipinski definition) is 3. The summed E-state index contributed by atoms with van der Waals surface area (Å²) in [7, 11) is -10.0. The second kappa shape index (κ2) is 75.4. The molecule has 0 radical (unpaired) electrons. The fourth-order valence-electron chi connectivity index (χ4n) is 9.50. The maximum absolute atomic E-state index is 13.1. The molecule has 0 rings (SSSR count). The highest BCUT2D eigenvalue weighted by molar-refractivity contribution is 7.47. The van der Waals surface area contributed by atoms with E-state index in [-0.39, 0.29) is 25.7 Å². The molecular weight excluding hydrogens is 1350 g/mol. The van der Waals surface area contributed by atoms with Crippen molar-refractivity contribution in [1.29, 1.82) is 0 Å². The van der Waals surface area contributed by atoms with Gasteiger partial charge in [0.15, 0.2) is 12.2 Å². The maximum atomic E-state index is 13.1. The van der Waals surface area contributed by atoms with Crippen molar-refractivity contribution in [2.75, 3.05) is 39.6 Å². The first-order chi connectivity index (χ1) is 50.7. The topological polar surface area (TPSA) is 237 Å². The van der Waals surface area contributed by atoms with Crippen molar-refractivity contribution >= 4 is 39.5 Å². The van der Waals surface area contributed by atoms with Crippen LogP contribution in [0.4, 0.5) is 0 Å². The minimum Gasteiger partial charge on any atom is -0.462 e. The quantitative estimate of drug-likeness (QED) is 0.0169. The van der Waals surface area contributed by atoms with Crippen LogP contribution >= 0.6 is 15.6 Å². The van der Waals surface area contributed by atoms with Gasteiger partial charge in [0.05, 0.1) is 26.4 Å². The maximum Gasteiger partial charge on any atom is 0.472 e. The number of esters is 4. The smallest absolute Gasteiger partial charge is 0.462 e. The molecule has 0 saturated heterocycles. The zero-order valence-corrected chi connectivity index (χ0v) is 65.9. The molecule has 0 aliphatic carbocycles. The minimum absolute atomic E-state index is 0.0264. The fourth-order valence-corrected chi connectivity index (χ4v) is 11.1. The Labute approximate surface area is 628 Å². The van der Waals surface area contributed by atoms with Crippen molar-refractivity contribution in [3.05, 3.63) is 182 Å². The second-order valence-corrected chi connectivity index (χ2v) is 28.1. The van der Waals surface area contributed by atoms with E-state index in [0.29, 0.717) is 38.5 Å². The Bertz CT molecular complexity index is 2690. The zero-order chi connectivity index (χ0) is 76.0. The van der Waals surface area contributed by atoms with Crippen LogP contribution in [0.25, 0.3) is 0 Å². The first kappa shape index (κ1) is 98.2. The first-order valence-electron chi connectivity index (χ1n) is 39.0. The second-order valence-electron chi connectivity index (χ2n) is 25.1. The molecule has 0 fully saturated rings. The van der Waals surface area contributed by atoms with Gasteiger partial charge in [0, 0.05) is 25.7 Å². The lowest BCUT2D eigenvalue weighted by atomic mass is 10.1. The van der Waals surface area contributed by atoms with Crippen molar-refractivity contribution in [1.82, 2.24) is 0 Å². The van der Waals surface area contributed by atoms with Gasteiger partial charge in [-0.25, -0.2) is 9.13 Å². The van der Waals surface area contributed by atoms with Gasteiger partial charge in [-0.1, -0.05) is 255 Å². The number of aliphatic hydroxyl groups excluding tert-OH is 1. The fraction of sp³-hybridized carbons (Fsp3) is 0.600. The molecule has 0 spiro atoms. The van der Waals surface area contributed by atoms with Crippen LogP contribution in [0.5, 0.6) is 0 Å². The summed E-state index contributed by atoms with van der Waals surface area (Å²) in [5.41, 5.74) is 0. The number of rotatable bonds is 71. The highest BCUT2D eigenvalue weighted by Gasteiger charge is 2.30. The van der Waals surface area contributed by atoms with Crippen molar-refractivity contribution in [2.45, 2.75) is 290 Å². The average molecular weight is 1490 g/mol. The van der Waals surface area contributed by atoms with E-state index in [4.69, 9.17) is 37.0 Å². The molecule has 0 aromatic heterocycles. The summed E-state index contributed by atoms with van der Waals surface area (Å²) in [6, 6.07) is 0. The third-order valence-corrected chi connectivity index (χ3v) is 17.2. The van der Waals surface area contributed by atoms with Gasteiger partial charge in [0.1, 0.15) is 19.3 Å². The van der Waals surface area contributed by atoms with Gasteiger partial charge in [0.2, 0.25) is 0 Å². The molecule has 5 atom stereocenters. The number of phosphoric ester groups is 2. The van der Waals surface area contributed by atoms with Gasteiger partial charge in [-0.3, -0.25) is 37.3 Å². The van der Waals surface area contributed by atoms with E-state index in [9.17, 15) is 43.2 Å². The van der Waals surface area contributed by atoms with Crippen molar-refractivity contribution in [3.8, 4) is 0 Å². The van der Waals surface area contributed by atoms with Crippen LogP contribution in [-0.4, -0.2) is 96.7 Å². The van der Waals surface area contributed by atoms with Gasteiger partial charge in [-0.05, 0) is 173 Å². The number of phosphoric acid groups is 2. The van der Waals surface area contributed by atoms with Crippen molar-refractivity contribution in [3.63, 3.8) is 0 Å². The highest BCUT2D eigenvalue weighted by Crippen LogP contribution is 2.45. The molecule has 0 amide bonds. The Hall–Kier alpha value is -5.84.